The summed E-state index contributed by atoms with van der Waals surface area (Å²) in [5, 5.41) is 0. The molecule has 0 rings (SSSR count). The summed E-state index contributed by atoms with van der Waals surface area (Å²) >= 11 is 0. The Morgan fingerprint density at radius 2 is 1.11 bits per heavy atom. The lowest BCUT2D eigenvalue weighted by atomic mass is 10.3. The Bertz CT molecular complexity index is 549. The molecule has 164 valence electrons. The van der Waals surface area contributed by atoms with E-state index in [1.165, 1.54) is 0 Å². The molecular formula is C14H28N2O10P2. The van der Waals surface area contributed by atoms with E-state index in [4.69, 9.17) is 20.5 Å². The lowest BCUT2D eigenvalue weighted by Crippen LogP contribution is -2.08. The summed E-state index contributed by atoms with van der Waals surface area (Å²) in [6.07, 6.45) is 3.42. The largest absolute Gasteiger partial charge is 0.532 e. The van der Waals surface area contributed by atoms with Crippen molar-refractivity contribution in [3.63, 3.8) is 0 Å². The molecule has 0 saturated heterocycles. The second-order valence-corrected chi connectivity index (χ2v) is 8.47. The van der Waals surface area contributed by atoms with E-state index in [0.29, 0.717) is 50.9 Å². The molecule has 2 atom stereocenters. The maximum Gasteiger partial charge on any atom is 0.532 e. The molecule has 0 aromatic heterocycles. The highest BCUT2D eigenvalue weighted by atomic mass is 31.2. The molecule has 0 aliphatic rings. The lowest BCUT2D eigenvalue weighted by molar-refractivity contribution is -0.133. The number of nitrogens with two attached hydrogens (primary N) is 2. The average Bonchev–Trinajstić information content (AvgIpc) is 2.67. The lowest BCUT2D eigenvalue weighted by Gasteiger charge is -2.15. The third-order valence-corrected chi connectivity index (χ3v) is 5.60. The molecule has 0 spiro atoms. The Balaban J connectivity index is 4.58. The van der Waals surface area contributed by atoms with E-state index in [-0.39, 0.29) is 13.2 Å². The molecule has 0 heterocycles. The van der Waals surface area contributed by atoms with Gasteiger partial charge in [0, 0.05) is 26.4 Å². The van der Waals surface area contributed by atoms with E-state index in [2.05, 4.69) is 18.1 Å². The summed E-state index contributed by atoms with van der Waals surface area (Å²) in [5.41, 5.74) is 10.6. The molecule has 0 aromatic carbocycles. The zero-order chi connectivity index (χ0) is 21.5. The van der Waals surface area contributed by atoms with Gasteiger partial charge in [0.25, 0.3) is 0 Å². The number of hydrogen-bond acceptors (Lipinski definition) is 12. The maximum absolute atomic E-state index is 12.1. The third-order valence-electron chi connectivity index (χ3n) is 2.90. The molecule has 0 radical (unpaired) electrons. The SMILES string of the molecule is COP(=O)(OCCCCN)OC(=O)/C=C\C(=O)OP(=O)(OC)OCCCCN. The van der Waals surface area contributed by atoms with E-state index in [1.807, 2.05) is 0 Å². The molecule has 0 bridgehead atoms. The van der Waals surface area contributed by atoms with Crippen LogP contribution in [-0.4, -0.2) is 52.5 Å². The predicted octanol–water partition coefficient (Wildman–Crippen LogP) is 1.65. The van der Waals surface area contributed by atoms with Gasteiger partial charge in [0.15, 0.2) is 0 Å². The Labute approximate surface area is 164 Å². The Morgan fingerprint density at radius 1 is 0.750 bits per heavy atom. The quantitative estimate of drug-likeness (QED) is 0.199. The molecule has 0 amide bonds. The van der Waals surface area contributed by atoms with Crippen LogP contribution in [0.4, 0.5) is 0 Å². The minimum absolute atomic E-state index is 0.000129. The van der Waals surface area contributed by atoms with Gasteiger partial charge in [0.1, 0.15) is 0 Å². The van der Waals surface area contributed by atoms with Crippen molar-refractivity contribution in [3.05, 3.63) is 12.2 Å². The highest BCUT2D eigenvalue weighted by Gasteiger charge is 2.30. The van der Waals surface area contributed by atoms with E-state index >= 15 is 0 Å². The summed E-state index contributed by atoms with van der Waals surface area (Å²) in [6, 6.07) is 0. The summed E-state index contributed by atoms with van der Waals surface area (Å²) in [6.45, 7) is 0.848. The second kappa shape index (κ2) is 14.8. The van der Waals surface area contributed by atoms with Gasteiger partial charge in [-0.2, -0.15) is 0 Å². The van der Waals surface area contributed by atoms with Crippen LogP contribution in [-0.2, 0) is 45.9 Å². The van der Waals surface area contributed by atoms with Crippen molar-refractivity contribution in [2.24, 2.45) is 11.5 Å². The van der Waals surface area contributed by atoms with Gasteiger partial charge in [-0.25, -0.2) is 18.7 Å². The van der Waals surface area contributed by atoms with Gasteiger partial charge < -0.3 is 20.5 Å². The van der Waals surface area contributed by atoms with Crippen LogP contribution in [0, 0.1) is 0 Å². The molecule has 4 N–H and O–H groups in total. The maximum atomic E-state index is 12.1. The van der Waals surface area contributed by atoms with Crippen LogP contribution in [0.25, 0.3) is 0 Å². The van der Waals surface area contributed by atoms with Crippen LogP contribution >= 0.6 is 15.6 Å². The van der Waals surface area contributed by atoms with E-state index in [1.54, 1.807) is 0 Å². The second-order valence-electron chi connectivity index (χ2n) is 5.07. The summed E-state index contributed by atoms with van der Waals surface area (Å²) in [4.78, 5) is 23.4. The van der Waals surface area contributed by atoms with Crippen molar-refractivity contribution in [1.82, 2.24) is 0 Å². The number of unbranched alkanes of at least 4 members (excludes halogenated alkanes) is 2. The van der Waals surface area contributed by atoms with Crippen LogP contribution in [0.15, 0.2) is 12.2 Å². The summed E-state index contributed by atoms with van der Waals surface area (Å²) in [5.74, 6) is -2.39. The molecule has 0 aromatic rings. The molecule has 0 fully saturated rings. The molecule has 0 saturated carbocycles. The monoisotopic (exact) mass is 446 g/mol. The average molecular weight is 446 g/mol. The number of rotatable bonds is 16. The normalized spacial score (nSPS) is 15.7. The van der Waals surface area contributed by atoms with Crippen LogP contribution in [0.5, 0.6) is 0 Å². The Kier molecular flexibility index (Phi) is 14.3. The van der Waals surface area contributed by atoms with Crippen molar-refractivity contribution in [2.45, 2.75) is 25.7 Å². The zero-order valence-corrected chi connectivity index (χ0v) is 17.7. The van der Waals surface area contributed by atoms with Gasteiger partial charge in [-0.05, 0) is 38.8 Å². The van der Waals surface area contributed by atoms with Crippen molar-refractivity contribution < 1.29 is 45.9 Å². The molecule has 28 heavy (non-hydrogen) atoms. The smallest absolute Gasteiger partial charge is 0.367 e. The molecule has 2 unspecified atom stereocenters. The van der Waals surface area contributed by atoms with Crippen LogP contribution < -0.4 is 11.5 Å². The first-order valence-electron chi connectivity index (χ1n) is 8.40. The fourth-order valence-corrected chi connectivity index (χ4v) is 3.23. The third kappa shape index (κ3) is 12.4. The molecular weight excluding hydrogens is 418 g/mol. The van der Waals surface area contributed by atoms with Crippen LogP contribution in [0.3, 0.4) is 0 Å². The Morgan fingerprint density at radius 3 is 1.39 bits per heavy atom. The van der Waals surface area contributed by atoms with Gasteiger partial charge in [0.2, 0.25) is 0 Å². The van der Waals surface area contributed by atoms with E-state index in [9.17, 15) is 18.7 Å². The molecule has 12 nitrogen and oxygen atoms in total. The standard InChI is InChI=1S/C14H28N2O10P2/c1-21-27(19,23-11-5-3-9-15)25-13(17)7-8-14(18)26-28(20,22-2)24-12-6-4-10-16/h7-8H,3-6,9-12,15-16H2,1-2H3/b8-7-. The van der Waals surface area contributed by atoms with Gasteiger partial charge >= 0.3 is 27.6 Å². The highest BCUT2D eigenvalue weighted by molar-refractivity contribution is 7.49. The van der Waals surface area contributed by atoms with Crippen molar-refractivity contribution in [1.29, 1.82) is 0 Å². The van der Waals surface area contributed by atoms with Crippen molar-refractivity contribution in [3.8, 4) is 0 Å². The number of phosphoric acid groups is 2. The minimum atomic E-state index is -4.13. The van der Waals surface area contributed by atoms with Gasteiger partial charge in [-0.15, -0.1) is 0 Å². The number of carbonyl (C=O) groups excluding carboxylic acids is 2. The molecule has 0 aliphatic carbocycles. The number of phosphoric ester groups is 2. The molecule has 14 heteroatoms. The Hall–Kier alpha value is -1.10. The first kappa shape index (κ1) is 26.9. The fourth-order valence-electron chi connectivity index (χ4n) is 1.50. The number of hydrogen-bond donors (Lipinski definition) is 2. The predicted molar refractivity (Wildman–Crippen MR) is 99.0 cm³/mol. The first-order chi connectivity index (χ1) is 13.2. The van der Waals surface area contributed by atoms with Crippen LogP contribution in [0.1, 0.15) is 25.7 Å². The van der Waals surface area contributed by atoms with Crippen molar-refractivity contribution >= 4 is 27.6 Å². The zero-order valence-electron chi connectivity index (χ0n) is 15.9. The van der Waals surface area contributed by atoms with E-state index in [0.717, 1.165) is 14.2 Å². The summed E-state index contributed by atoms with van der Waals surface area (Å²) in [7, 11) is -6.20. The first-order valence-corrected chi connectivity index (χ1v) is 11.3. The molecule has 0 aliphatic heterocycles. The van der Waals surface area contributed by atoms with E-state index < -0.39 is 27.6 Å². The van der Waals surface area contributed by atoms with Crippen LogP contribution in [0.2, 0.25) is 0 Å². The topological polar surface area (TPSA) is 176 Å². The number of carbonyl (C=O) groups is 2. The van der Waals surface area contributed by atoms with Gasteiger partial charge in [0.05, 0.1) is 13.2 Å². The minimum Gasteiger partial charge on any atom is -0.367 e. The fraction of sp³-hybridized carbons (Fsp3) is 0.714. The van der Waals surface area contributed by atoms with Gasteiger partial charge in [-0.3, -0.25) is 18.1 Å². The van der Waals surface area contributed by atoms with Gasteiger partial charge in [-0.1, -0.05) is 0 Å². The summed E-state index contributed by atoms with van der Waals surface area (Å²) < 4.78 is 52.3. The highest BCUT2D eigenvalue weighted by Crippen LogP contribution is 2.49. The van der Waals surface area contributed by atoms with Crippen molar-refractivity contribution in [2.75, 3.05) is 40.5 Å².